The van der Waals surface area contributed by atoms with E-state index in [-0.39, 0.29) is 0 Å². The first-order chi connectivity index (χ1) is 9.29. The van der Waals surface area contributed by atoms with Crippen molar-refractivity contribution in [2.24, 2.45) is 0 Å². The predicted octanol–water partition coefficient (Wildman–Crippen LogP) is 3.38. The van der Waals surface area contributed by atoms with Gasteiger partial charge in [0, 0.05) is 6.07 Å². The molecule has 0 fully saturated rings. The van der Waals surface area contributed by atoms with Crippen LogP contribution in [0, 0.1) is 25.5 Å². The molecular weight excluding hydrogens is 284 g/mol. The molecule has 20 heavy (non-hydrogen) atoms. The zero-order valence-electron chi connectivity index (χ0n) is 10.9. The van der Waals surface area contributed by atoms with E-state index in [1.54, 1.807) is 32.0 Å². The van der Waals surface area contributed by atoms with E-state index in [1.807, 2.05) is 0 Å². The largest absolute Gasteiger partial charge is 0.279 e. The average molecular weight is 297 g/mol. The van der Waals surface area contributed by atoms with E-state index in [0.717, 1.165) is 23.3 Å². The molecule has 0 atom stereocenters. The number of nitrogens with one attached hydrogen (secondary N) is 1. The van der Waals surface area contributed by atoms with Crippen molar-refractivity contribution in [1.29, 1.82) is 0 Å². The SMILES string of the molecule is Cc1cccc(C)c1NS(=O)(=O)c1cc(F)cc(F)c1. The molecule has 0 spiro atoms. The Labute approximate surface area is 116 Å². The second-order valence-electron chi connectivity index (χ2n) is 4.48. The summed E-state index contributed by atoms with van der Waals surface area (Å²) in [6.45, 7) is 3.49. The van der Waals surface area contributed by atoms with E-state index in [0.29, 0.717) is 11.8 Å². The first kappa shape index (κ1) is 14.5. The molecule has 0 aliphatic carbocycles. The summed E-state index contributed by atoms with van der Waals surface area (Å²) < 4.78 is 52.9. The monoisotopic (exact) mass is 297 g/mol. The number of halogens is 2. The first-order valence-corrected chi connectivity index (χ1v) is 7.33. The molecule has 2 rings (SSSR count). The van der Waals surface area contributed by atoms with Gasteiger partial charge in [0.25, 0.3) is 10.0 Å². The Morgan fingerprint density at radius 3 is 1.95 bits per heavy atom. The zero-order chi connectivity index (χ0) is 14.9. The molecule has 0 heterocycles. The minimum Gasteiger partial charge on any atom is -0.279 e. The summed E-state index contributed by atoms with van der Waals surface area (Å²) in [5.41, 5.74) is 1.87. The van der Waals surface area contributed by atoms with Gasteiger partial charge in [-0.25, -0.2) is 17.2 Å². The van der Waals surface area contributed by atoms with Crippen molar-refractivity contribution < 1.29 is 17.2 Å². The second kappa shape index (κ2) is 5.20. The number of benzene rings is 2. The van der Waals surface area contributed by atoms with Crippen LogP contribution in [0.25, 0.3) is 0 Å². The molecule has 0 aliphatic rings. The van der Waals surface area contributed by atoms with E-state index in [1.165, 1.54) is 0 Å². The van der Waals surface area contributed by atoms with E-state index < -0.39 is 26.6 Å². The van der Waals surface area contributed by atoms with Gasteiger partial charge in [0.05, 0.1) is 10.6 Å². The quantitative estimate of drug-likeness (QED) is 0.944. The molecule has 0 aromatic heterocycles. The van der Waals surface area contributed by atoms with Crippen molar-refractivity contribution in [2.75, 3.05) is 4.72 Å². The van der Waals surface area contributed by atoms with Gasteiger partial charge in [0.2, 0.25) is 0 Å². The van der Waals surface area contributed by atoms with Crippen molar-refractivity contribution in [2.45, 2.75) is 18.7 Å². The zero-order valence-corrected chi connectivity index (χ0v) is 11.8. The third-order valence-corrected chi connectivity index (χ3v) is 4.19. The van der Waals surface area contributed by atoms with Crippen LogP contribution in [0.15, 0.2) is 41.3 Å². The normalized spacial score (nSPS) is 11.4. The number of aryl methyl sites for hydroxylation is 2. The highest BCUT2D eigenvalue weighted by Crippen LogP contribution is 2.24. The van der Waals surface area contributed by atoms with E-state index in [4.69, 9.17) is 0 Å². The third-order valence-electron chi connectivity index (χ3n) is 2.86. The summed E-state index contributed by atoms with van der Waals surface area (Å²) in [6, 6.07) is 7.47. The van der Waals surface area contributed by atoms with Gasteiger partial charge in [-0.05, 0) is 37.1 Å². The molecule has 2 aromatic rings. The average Bonchev–Trinajstić information content (AvgIpc) is 2.33. The Hall–Kier alpha value is -1.95. The fourth-order valence-corrected chi connectivity index (χ4v) is 3.10. The van der Waals surface area contributed by atoms with Gasteiger partial charge in [-0.3, -0.25) is 4.72 Å². The number of anilines is 1. The van der Waals surface area contributed by atoms with E-state index in [9.17, 15) is 17.2 Å². The van der Waals surface area contributed by atoms with Gasteiger partial charge in [-0.15, -0.1) is 0 Å². The van der Waals surface area contributed by atoms with Crippen LogP contribution in [0.2, 0.25) is 0 Å². The molecule has 0 bridgehead atoms. The second-order valence-corrected chi connectivity index (χ2v) is 6.16. The van der Waals surface area contributed by atoms with Gasteiger partial charge in [0.1, 0.15) is 11.6 Å². The Kier molecular flexibility index (Phi) is 3.76. The van der Waals surface area contributed by atoms with Gasteiger partial charge < -0.3 is 0 Å². The molecule has 0 amide bonds. The minimum absolute atomic E-state index is 0.414. The van der Waals surface area contributed by atoms with Gasteiger partial charge >= 0.3 is 0 Å². The lowest BCUT2D eigenvalue weighted by atomic mass is 10.1. The van der Waals surface area contributed by atoms with Crippen molar-refractivity contribution in [3.8, 4) is 0 Å². The maximum Gasteiger partial charge on any atom is 0.262 e. The minimum atomic E-state index is -4.03. The molecule has 0 aliphatic heterocycles. The number of para-hydroxylation sites is 1. The fourth-order valence-electron chi connectivity index (χ4n) is 1.85. The third kappa shape index (κ3) is 2.96. The molecular formula is C14H13F2NO2S. The Bertz CT molecular complexity index is 717. The first-order valence-electron chi connectivity index (χ1n) is 5.85. The number of hydrogen-bond acceptors (Lipinski definition) is 2. The molecule has 0 saturated carbocycles. The standard InChI is InChI=1S/C14H13F2NO2S/c1-9-4-3-5-10(2)14(9)17-20(18,19)13-7-11(15)6-12(16)8-13/h3-8,17H,1-2H3. The van der Waals surface area contributed by atoms with Crippen LogP contribution in [-0.2, 0) is 10.0 Å². The fraction of sp³-hybridized carbons (Fsp3) is 0.143. The van der Waals surface area contributed by atoms with Crippen molar-refractivity contribution >= 4 is 15.7 Å². The van der Waals surface area contributed by atoms with E-state index >= 15 is 0 Å². The summed E-state index contributed by atoms with van der Waals surface area (Å²) in [5, 5.41) is 0. The van der Waals surface area contributed by atoms with Crippen LogP contribution in [0.1, 0.15) is 11.1 Å². The highest BCUT2D eigenvalue weighted by atomic mass is 32.2. The lowest BCUT2D eigenvalue weighted by Gasteiger charge is -2.13. The summed E-state index contributed by atoms with van der Waals surface area (Å²) in [7, 11) is -4.03. The van der Waals surface area contributed by atoms with Gasteiger partial charge in [-0.2, -0.15) is 0 Å². The molecule has 0 radical (unpaired) electrons. The number of hydrogen-bond donors (Lipinski definition) is 1. The number of rotatable bonds is 3. The molecule has 2 aromatic carbocycles. The molecule has 3 nitrogen and oxygen atoms in total. The van der Waals surface area contributed by atoms with Crippen molar-refractivity contribution in [3.05, 3.63) is 59.2 Å². The van der Waals surface area contributed by atoms with Crippen molar-refractivity contribution in [3.63, 3.8) is 0 Å². The predicted molar refractivity (Wildman–Crippen MR) is 73.1 cm³/mol. The van der Waals surface area contributed by atoms with Crippen LogP contribution >= 0.6 is 0 Å². The summed E-state index contributed by atoms with van der Waals surface area (Å²) in [4.78, 5) is -0.447. The smallest absolute Gasteiger partial charge is 0.262 e. The maximum absolute atomic E-state index is 13.1. The van der Waals surface area contributed by atoms with Gasteiger partial charge in [0.15, 0.2) is 0 Å². The summed E-state index contributed by atoms with van der Waals surface area (Å²) >= 11 is 0. The molecule has 1 N–H and O–H groups in total. The summed E-state index contributed by atoms with van der Waals surface area (Å²) in [6.07, 6.45) is 0. The molecule has 0 saturated heterocycles. The van der Waals surface area contributed by atoms with Crippen LogP contribution in [-0.4, -0.2) is 8.42 Å². The Balaban J connectivity index is 2.46. The van der Waals surface area contributed by atoms with Crippen LogP contribution < -0.4 is 4.72 Å². The number of sulfonamides is 1. The maximum atomic E-state index is 13.1. The molecule has 106 valence electrons. The van der Waals surface area contributed by atoms with Crippen LogP contribution in [0.5, 0.6) is 0 Å². The highest BCUT2D eigenvalue weighted by Gasteiger charge is 2.18. The Morgan fingerprint density at radius 2 is 1.45 bits per heavy atom. The molecule has 6 heteroatoms. The highest BCUT2D eigenvalue weighted by molar-refractivity contribution is 7.92. The lowest BCUT2D eigenvalue weighted by Crippen LogP contribution is -2.15. The van der Waals surface area contributed by atoms with Gasteiger partial charge in [-0.1, -0.05) is 18.2 Å². The Morgan fingerprint density at radius 1 is 0.950 bits per heavy atom. The topological polar surface area (TPSA) is 46.2 Å². The molecule has 0 unspecified atom stereocenters. The van der Waals surface area contributed by atoms with Crippen LogP contribution in [0.4, 0.5) is 14.5 Å². The lowest BCUT2D eigenvalue weighted by molar-refractivity contribution is 0.568. The van der Waals surface area contributed by atoms with E-state index in [2.05, 4.69) is 4.72 Å². The van der Waals surface area contributed by atoms with Crippen molar-refractivity contribution in [1.82, 2.24) is 0 Å². The summed E-state index contributed by atoms with van der Waals surface area (Å²) in [5.74, 6) is -1.88. The van der Waals surface area contributed by atoms with Crippen LogP contribution in [0.3, 0.4) is 0 Å².